The van der Waals surface area contributed by atoms with E-state index in [0.717, 1.165) is 18.2 Å². The summed E-state index contributed by atoms with van der Waals surface area (Å²) in [4.78, 5) is 3.19. The summed E-state index contributed by atoms with van der Waals surface area (Å²) in [6, 6.07) is 7.80. The molecule has 26 heavy (non-hydrogen) atoms. The largest absolute Gasteiger partial charge is 0.433 e. The number of hydrogen-bond acceptors (Lipinski definition) is 3. The third-order valence-corrected chi connectivity index (χ3v) is 2.72. The van der Waals surface area contributed by atoms with Crippen molar-refractivity contribution in [2.45, 2.75) is 39.4 Å². The molecule has 146 valence electrons. The number of alkyl halides is 6. The molecule has 2 aromatic rings. The van der Waals surface area contributed by atoms with Gasteiger partial charge in [0, 0.05) is 0 Å². The van der Waals surface area contributed by atoms with E-state index in [9.17, 15) is 26.3 Å². The van der Waals surface area contributed by atoms with Gasteiger partial charge in [0.15, 0.2) is 0 Å². The molecular weight excluding hydrogens is 364 g/mol. The Labute approximate surface area is 146 Å². The van der Waals surface area contributed by atoms with Crippen LogP contribution in [0.5, 0.6) is 0 Å². The molecule has 0 amide bonds. The zero-order valence-corrected chi connectivity index (χ0v) is 14.1. The van der Waals surface area contributed by atoms with Crippen molar-refractivity contribution < 1.29 is 36.6 Å². The number of pyridine rings is 1. The van der Waals surface area contributed by atoms with Gasteiger partial charge in [-0.15, -0.1) is 0 Å². The number of aromatic nitrogens is 1. The predicted octanol–water partition coefficient (Wildman–Crippen LogP) is 4.82. The molecular formula is C17H19F6NO2. The molecule has 0 unspecified atom stereocenters. The van der Waals surface area contributed by atoms with Crippen LogP contribution in [0.4, 0.5) is 26.3 Å². The van der Waals surface area contributed by atoms with Crippen LogP contribution in [0.15, 0.2) is 42.5 Å². The van der Waals surface area contributed by atoms with Crippen molar-refractivity contribution in [1.82, 2.24) is 4.98 Å². The van der Waals surface area contributed by atoms with Crippen LogP contribution in [0.2, 0.25) is 0 Å². The van der Waals surface area contributed by atoms with E-state index in [4.69, 9.17) is 10.2 Å². The maximum atomic E-state index is 12.0. The molecule has 0 spiro atoms. The average molecular weight is 383 g/mol. The molecule has 0 atom stereocenters. The van der Waals surface area contributed by atoms with Gasteiger partial charge in [0.1, 0.15) is 5.69 Å². The van der Waals surface area contributed by atoms with E-state index in [1.54, 1.807) is 0 Å². The van der Waals surface area contributed by atoms with Gasteiger partial charge in [-0.1, -0.05) is 32.0 Å². The van der Waals surface area contributed by atoms with Crippen LogP contribution in [0.25, 0.3) is 0 Å². The fourth-order valence-electron chi connectivity index (χ4n) is 1.52. The van der Waals surface area contributed by atoms with Gasteiger partial charge in [-0.2, -0.15) is 26.3 Å². The summed E-state index contributed by atoms with van der Waals surface area (Å²) in [6.45, 7) is 3.28. The second-order valence-corrected chi connectivity index (χ2v) is 4.52. The van der Waals surface area contributed by atoms with Crippen LogP contribution >= 0.6 is 0 Å². The lowest BCUT2D eigenvalue weighted by Crippen LogP contribution is -2.08. The van der Waals surface area contributed by atoms with Crippen molar-refractivity contribution in [2.24, 2.45) is 0 Å². The highest BCUT2D eigenvalue weighted by Crippen LogP contribution is 2.29. The Hall–Kier alpha value is -2.13. The van der Waals surface area contributed by atoms with Gasteiger partial charge >= 0.3 is 12.4 Å². The maximum Gasteiger partial charge on any atom is 0.433 e. The second-order valence-electron chi connectivity index (χ2n) is 4.52. The maximum absolute atomic E-state index is 12.0. The Kier molecular flexibility index (Phi) is 9.89. The number of hydrogen-bond donors (Lipinski definition) is 2. The minimum atomic E-state index is -4.44. The summed E-state index contributed by atoms with van der Waals surface area (Å²) in [6.07, 6.45) is -8.74. The molecule has 0 fully saturated rings. The molecule has 0 aliphatic carbocycles. The number of halogens is 6. The molecule has 0 radical (unpaired) electrons. The molecule has 0 saturated carbocycles. The Bertz CT molecular complexity index is 639. The molecule has 9 heteroatoms. The summed E-state index contributed by atoms with van der Waals surface area (Å²) in [5.41, 5.74) is -1.18. The Morgan fingerprint density at radius 2 is 1.31 bits per heavy atom. The van der Waals surface area contributed by atoms with Crippen molar-refractivity contribution in [1.29, 1.82) is 0 Å². The highest BCUT2D eigenvalue weighted by atomic mass is 19.4. The monoisotopic (exact) mass is 383 g/mol. The molecule has 0 aliphatic rings. The van der Waals surface area contributed by atoms with Crippen molar-refractivity contribution in [3.05, 3.63) is 65.0 Å². The van der Waals surface area contributed by atoms with Crippen molar-refractivity contribution in [2.75, 3.05) is 0 Å². The molecule has 1 heterocycles. The van der Waals surface area contributed by atoms with E-state index in [1.165, 1.54) is 24.3 Å². The highest BCUT2D eigenvalue weighted by Gasteiger charge is 2.32. The van der Waals surface area contributed by atoms with Crippen LogP contribution < -0.4 is 0 Å². The number of rotatable bonds is 2. The van der Waals surface area contributed by atoms with Gasteiger partial charge in [-0.25, -0.2) is 4.98 Å². The topological polar surface area (TPSA) is 53.4 Å². The fraction of sp³-hybridized carbons (Fsp3) is 0.353. The summed E-state index contributed by atoms with van der Waals surface area (Å²) in [7, 11) is 0. The van der Waals surface area contributed by atoms with Crippen LogP contribution in [0.3, 0.4) is 0 Å². The summed E-state index contributed by atoms with van der Waals surface area (Å²) in [5.74, 6) is 0. The van der Waals surface area contributed by atoms with E-state index < -0.39 is 30.2 Å². The van der Waals surface area contributed by atoms with E-state index in [-0.39, 0.29) is 12.3 Å². The van der Waals surface area contributed by atoms with Gasteiger partial charge in [0.2, 0.25) is 0 Å². The van der Waals surface area contributed by atoms with Gasteiger partial charge in [0.25, 0.3) is 0 Å². The lowest BCUT2D eigenvalue weighted by Gasteiger charge is -2.05. The lowest BCUT2D eigenvalue weighted by molar-refractivity contribution is -0.141. The minimum Gasteiger partial charge on any atom is -0.392 e. The van der Waals surface area contributed by atoms with Crippen molar-refractivity contribution in [3.8, 4) is 0 Å². The third-order valence-electron chi connectivity index (χ3n) is 2.72. The molecule has 1 aromatic heterocycles. The SMILES string of the molecule is CC.OCc1ccc(C(F)(F)F)cc1.OCc1cccc(C(F)(F)F)n1. The Morgan fingerprint density at radius 3 is 1.69 bits per heavy atom. The first kappa shape index (κ1) is 23.9. The minimum absolute atomic E-state index is 0.0184. The molecule has 3 nitrogen and oxygen atoms in total. The highest BCUT2D eigenvalue weighted by molar-refractivity contribution is 5.23. The first-order valence-electron chi connectivity index (χ1n) is 7.49. The molecule has 2 rings (SSSR count). The predicted molar refractivity (Wildman–Crippen MR) is 83.9 cm³/mol. The zero-order valence-electron chi connectivity index (χ0n) is 14.1. The van der Waals surface area contributed by atoms with E-state index in [0.29, 0.717) is 5.56 Å². The molecule has 0 bridgehead atoms. The van der Waals surface area contributed by atoms with Crippen LogP contribution in [0.1, 0.15) is 36.4 Å². The lowest BCUT2D eigenvalue weighted by atomic mass is 10.1. The summed E-state index contributed by atoms with van der Waals surface area (Å²) in [5, 5.41) is 17.0. The zero-order chi connectivity index (χ0) is 20.4. The Balaban J connectivity index is 0.000000439. The van der Waals surface area contributed by atoms with Crippen LogP contribution in [-0.2, 0) is 25.6 Å². The quantitative estimate of drug-likeness (QED) is 0.732. The van der Waals surface area contributed by atoms with Gasteiger partial charge in [-0.3, -0.25) is 0 Å². The van der Waals surface area contributed by atoms with Crippen molar-refractivity contribution in [3.63, 3.8) is 0 Å². The second kappa shape index (κ2) is 10.8. The first-order valence-corrected chi connectivity index (χ1v) is 7.49. The number of aliphatic hydroxyl groups excluding tert-OH is 2. The van der Waals surface area contributed by atoms with Crippen LogP contribution in [0, 0.1) is 0 Å². The average Bonchev–Trinajstić information content (AvgIpc) is 2.62. The molecule has 0 saturated heterocycles. The number of aliphatic hydroxyl groups is 2. The molecule has 2 N–H and O–H groups in total. The van der Waals surface area contributed by atoms with E-state index in [2.05, 4.69) is 4.98 Å². The first-order chi connectivity index (χ1) is 12.1. The van der Waals surface area contributed by atoms with Gasteiger partial charge in [-0.05, 0) is 29.8 Å². The smallest absolute Gasteiger partial charge is 0.392 e. The van der Waals surface area contributed by atoms with E-state index >= 15 is 0 Å². The molecule has 1 aromatic carbocycles. The van der Waals surface area contributed by atoms with E-state index in [1.807, 2.05) is 13.8 Å². The normalized spacial score (nSPS) is 11.0. The van der Waals surface area contributed by atoms with Crippen molar-refractivity contribution >= 4 is 0 Å². The summed E-state index contributed by atoms with van der Waals surface area (Å²) < 4.78 is 71.8. The van der Waals surface area contributed by atoms with Crippen LogP contribution in [-0.4, -0.2) is 15.2 Å². The standard InChI is InChI=1S/C8H7F3O.C7H6F3NO.C2H6/c9-8(10,11)7-3-1-6(5-12)2-4-7;8-7(9,10)6-3-1-2-5(4-12)11-6;1-2/h1-4,12H,5H2;1-3,12H,4H2;1-2H3. The Morgan fingerprint density at radius 1 is 0.769 bits per heavy atom. The van der Waals surface area contributed by atoms with Gasteiger partial charge < -0.3 is 10.2 Å². The number of nitrogens with zero attached hydrogens (tertiary/aromatic N) is 1. The number of benzene rings is 1. The van der Waals surface area contributed by atoms with Gasteiger partial charge in [0.05, 0.1) is 24.5 Å². The molecule has 0 aliphatic heterocycles. The third kappa shape index (κ3) is 8.30. The fourth-order valence-corrected chi connectivity index (χ4v) is 1.52. The summed E-state index contributed by atoms with van der Waals surface area (Å²) >= 11 is 0.